The van der Waals surface area contributed by atoms with Crippen molar-refractivity contribution >= 4 is 5.78 Å². The molecule has 4 heteroatoms. The van der Waals surface area contributed by atoms with Crippen LogP contribution in [0.2, 0.25) is 0 Å². The molecule has 0 spiro atoms. The lowest BCUT2D eigenvalue weighted by Gasteiger charge is -2.37. The third kappa shape index (κ3) is 3.15. The standard InChI is InChI=1S/C14H19FN2O/c1-11-9-16(2)6-7-17(11)10-14(18)12-4-3-5-13(15)8-12/h3-5,8,11H,6-7,9-10H2,1-2H3. The molecule has 0 bridgehead atoms. The summed E-state index contributed by atoms with van der Waals surface area (Å²) < 4.78 is 13.1. The minimum Gasteiger partial charge on any atom is -0.304 e. The number of benzene rings is 1. The van der Waals surface area contributed by atoms with Crippen molar-refractivity contribution in [1.29, 1.82) is 0 Å². The Bertz CT molecular complexity index is 436. The monoisotopic (exact) mass is 250 g/mol. The average molecular weight is 250 g/mol. The molecule has 98 valence electrons. The first-order valence-corrected chi connectivity index (χ1v) is 6.27. The maximum Gasteiger partial charge on any atom is 0.176 e. The third-order valence-electron chi connectivity index (χ3n) is 3.46. The molecule has 1 aromatic carbocycles. The predicted octanol–water partition coefficient (Wildman–Crippen LogP) is 1.64. The molecule has 1 fully saturated rings. The zero-order valence-electron chi connectivity index (χ0n) is 10.9. The maximum absolute atomic E-state index is 13.1. The summed E-state index contributed by atoms with van der Waals surface area (Å²) in [6.07, 6.45) is 0. The van der Waals surface area contributed by atoms with E-state index >= 15 is 0 Å². The highest BCUT2D eigenvalue weighted by molar-refractivity contribution is 5.97. The molecule has 0 saturated carbocycles. The second kappa shape index (κ2) is 5.59. The van der Waals surface area contributed by atoms with Gasteiger partial charge < -0.3 is 4.90 Å². The molecule has 0 aromatic heterocycles. The number of halogens is 1. The van der Waals surface area contributed by atoms with Crippen LogP contribution in [0, 0.1) is 5.82 Å². The Morgan fingerprint density at radius 2 is 2.22 bits per heavy atom. The van der Waals surface area contributed by atoms with E-state index in [0.717, 1.165) is 19.6 Å². The molecule has 0 aliphatic carbocycles. The molecule has 1 aromatic rings. The molecule has 0 N–H and O–H groups in total. The molecule has 0 amide bonds. The van der Waals surface area contributed by atoms with Gasteiger partial charge in [-0.25, -0.2) is 4.39 Å². The molecule has 1 atom stereocenters. The fourth-order valence-electron chi connectivity index (χ4n) is 2.35. The van der Waals surface area contributed by atoms with Crippen molar-refractivity contribution in [3.05, 3.63) is 35.6 Å². The van der Waals surface area contributed by atoms with E-state index in [-0.39, 0.29) is 11.6 Å². The first-order valence-electron chi connectivity index (χ1n) is 6.27. The zero-order valence-corrected chi connectivity index (χ0v) is 10.9. The van der Waals surface area contributed by atoms with Crippen molar-refractivity contribution in [2.24, 2.45) is 0 Å². The van der Waals surface area contributed by atoms with Crippen molar-refractivity contribution in [2.75, 3.05) is 33.2 Å². The van der Waals surface area contributed by atoms with Crippen LogP contribution in [0.4, 0.5) is 4.39 Å². The third-order valence-corrected chi connectivity index (χ3v) is 3.46. The summed E-state index contributed by atoms with van der Waals surface area (Å²) in [5.74, 6) is -0.363. The fraction of sp³-hybridized carbons (Fsp3) is 0.500. The van der Waals surface area contributed by atoms with Crippen molar-refractivity contribution in [1.82, 2.24) is 9.80 Å². The summed E-state index contributed by atoms with van der Waals surface area (Å²) in [6.45, 7) is 5.32. The van der Waals surface area contributed by atoms with Gasteiger partial charge >= 0.3 is 0 Å². The molecular formula is C14H19FN2O. The van der Waals surface area contributed by atoms with E-state index in [4.69, 9.17) is 0 Å². The maximum atomic E-state index is 13.1. The largest absolute Gasteiger partial charge is 0.304 e. The van der Waals surface area contributed by atoms with Gasteiger partial charge in [-0.1, -0.05) is 12.1 Å². The smallest absolute Gasteiger partial charge is 0.176 e. The highest BCUT2D eigenvalue weighted by atomic mass is 19.1. The predicted molar refractivity (Wildman–Crippen MR) is 69.3 cm³/mol. The van der Waals surface area contributed by atoms with Crippen LogP contribution in [0.3, 0.4) is 0 Å². The molecule has 2 rings (SSSR count). The second-order valence-electron chi connectivity index (χ2n) is 5.02. The van der Waals surface area contributed by atoms with Crippen LogP contribution in [0.15, 0.2) is 24.3 Å². The van der Waals surface area contributed by atoms with Gasteiger partial charge in [-0.2, -0.15) is 0 Å². The number of Topliss-reactive ketones (excluding diaryl/α,β-unsaturated/α-hetero) is 1. The number of carbonyl (C=O) groups is 1. The quantitative estimate of drug-likeness (QED) is 0.762. The van der Waals surface area contributed by atoms with Crippen LogP contribution in [0.25, 0.3) is 0 Å². The number of nitrogens with zero attached hydrogens (tertiary/aromatic N) is 2. The summed E-state index contributed by atoms with van der Waals surface area (Å²) in [4.78, 5) is 16.5. The van der Waals surface area contributed by atoms with Crippen LogP contribution in [0.1, 0.15) is 17.3 Å². The normalized spacial score (nSPS) is 22.1. The first-order chi connectivity index (χ1) is 8.56. The Labute approximate surface area is 107 Å². The van der Waals surface area contributed by atoms with Gasteiger partial charge in [0.25, 0.3) is 0 Å². The van der Waals surface area contributed by atoms with Crippen molar-refractivity contribution in [2.45, 2.75) is 13.0 Å². The van der Waals surface area contributed by atoms with E-state index in [0.29, 0.717) is 18.2 Å². The molecule has 1 heterocycles. The Hall–Kier alpha value is -1.26. The first kappa shape index (κ1) is 13.2. The Kier molecular flexibility index (Phi) is 4.09. The lowest BCUT2D eigenvalue weighted by Crippen LogP contribution is -2.51. The Morgan fingerprint density at radius 1 is 1.44 bits per heavy atom. The molecule has 0 radical (unpaired) electrons. The van der Waals surface area contributed by atoms with E-state index in [1.54, 1.807) is 12.1 Å². The summed E-state index contributed by atoms with van der Waals surface area (Å²) in [5, 5.41) is 0. The number of likely N-dealkylation sites (N-methyl/N-ethyl adjacent to an activating group) is 1. The topological polar surface area (TPSA) is 23.6 Å². The van der Waals surface area contributed by atoms with Gasteiger partial charge in [0.05, 0.1) is 6.54 Å². The van der Waals surface area contributed by atoms with Gasteiger partial charge in [-0.3, -0.25) is 9.69 Å². The minimum atomic E-state index is -0.354. The van der Waals surface area contributed by atoms with Gasteiger partial charge in [-0.15, -0.1) is 0 Å². The van der Waals surface area contributed by atoms with Crippen molar-refractivity contribution < 1.29 is 9.18 Å². The molecule has 1 saturated heterocycles. The number of carbonyl (C=O) groups excluding carboxylic acids is 1. The number of hydrogen-bond donors (Lipinski definition) is 0. The van der Waals surface area contributed by atoms with Gasteiger partial charge in [0.1, 0.15) is 5.82 Å². The van der Waals surface area contributed by atoms with Crippen LogP contribution in [0.5, 0.6) is 0 Å². The SMILES string of the molecule is CC1CN(C)CCN1CC(=O)c1cccc(F)c1. The fourth-order valence-corrected chi connectivity index (χ4v) is 2.35. The summed E-state index contributed by atoms with van der Waals surface area (Å²) in [5.41, 5.74) is 0.459. The molecule has 3 nitrogen and oxygen atoms in total. The van der Waals surface area contributed by atoms with E-state index in [2.05, 4.69) is 23.8 Å². The van der Waals surface area contributed by atoms with Gasteiger partial charge in [-0.05, 0) is 26.1 Å². The highest BCUT2D eigenvalue weighted by Crippen LogP contribution is 2.10. The van der Waals surface area contributed by atoms with Gasteiger partial charge in [0.2, 0.25) is 0 Å². The van der Waals surface area contributed by atoms with Crippen LogP contribution in [-0.2, 0) is 0 Å². The van der Waals surface area contributed by atoms with Crippen LogP contribution < -0.4 is 0 Å². The van der Waals surface area contributed by atoms with Gasteiger partial charge in [0, 0.05) is 31.2 Å². The summed E-state index contributed by atoms with van der Waals surface area (Å²) in [6, 6.07) is 6.28. The van der Waals surface area contributed by atoms with E-state index in [1.807, 2.05) is 0 Å². The van der Waals surface area contributed by atoms with Crippen molar-refractivity contribution in [3.8, 4) is 0 Å². The van der Waals surface area contributed by atoms with Gasteiger partial charge in [0.15, 0.2) is 5.78 Å². The average Bonchev–Trinajstić information content (AvgIpc) is 2.32. The minimum absolute atomic E-state index is 0.00842. The Balaban J connectivity index is 1.99. The molecule has 1 aliphatic heterocycles. The molecule has 1 aliphatic rings. The van der Waals surface area contributed by atoms with E-state index < -0.39 is 0 Å². The lowest BCUT2D eigenvalue weighted by molar-refractivity contribution is 0.0747. The number of hydrogen-bond acceptors (Lipinski definition) is 3. The second-order valence-corrected chi connectivity index (χ2v) is 5.02. The zero-order chi connectivity index (χ0) is 13.1. The van der Waals surface area contributed by atoms with Crippen LogP contribution in [-0.4, -0.2) is 54.9 Å². The lowest BCUT2D eigenvalue weighted by atomic mass is 10.1. The Morgan fingerprint density at radius 3 is 2.89 bits per heavy atom. The molecule has 18 heavy (non-hydrogen) atoms. The summed E-state index contributed by atoms with van der Waals surface area (Å²) in [7, 11) is 2.09. The van der Waals surface area contributed by atoms with Crippen molar-refractivity contribution in [3.63, 3.8) is 0 Å². The molecular weight excluding hydrogens is 231 g/mol. The van der Waals surface area contributed by atoms with Crippen LogP contribution >= 0.6 is 0 Å². The summed E-state index contributed by atoms with van der Waals surface area (Å²) >= 11 is 0. The van der Waals surface area contributed by atoms with E-state index in [9.17, 15) is 9.18 Å². The van der Waals surface area contributed by atoms with E-state index in [1.165, 1.54) is 12.1 Å². The highest BCUT2D eigenvalue weighted by Gasteiger charge is 2.23. The number of ketones is 1. The number of rotatable bonds is 3. The molecule has 1 unspecified atom stereocenters. The number of piperazine rings is 1.